The molecular formula is C11H15BrClN. The van der Waals surface area contributed by atoms with E-state index in [1.54, 1.807) is 0 Å². The average Bonchev–Trinajstić information content (AvgIpc) is 2.57. The molecule has 3 heteroatoms. The van der Waals surface area contributed by atoms with Crippen LogP contribution >= 0.6 is 28.3 Å². The lowest BCUT2D eigenvalue weighted by Gasteiger charge is -2.07. The minimum Gasteiger partial charge on any atom is -0.316 e. The Balaban J connectivity index is 0.000000980. The molecule has 1 nitrogen and oxygen atoms in total. The standard InChI is InChI=1S/C11H14BrN.ClH/c12-11-3-1-2-9(7-11)6-10-4-5-13-8-10;/h1-3,7,10,13H,4-6,8H2;1H. The number of nitrogens with one attached hydrogen (secondary N) is 1. The normalized spacial score (nSPS) is 20.5. The Bertz CT molecular complexity index is 284. The Morgan fingerprint density at radius 3 is 2.93 bits per heavy atom. The zero-order valence-electron chi connectivity index (χ0n) is 8.00. The predicted molar refractivity (Wildman–Crippen MR) is 66.1 cm³/mol. The summed E-state index contributed by atoms with van der Waals surface area (Å²) >= 11 is 3.50. The average molecular weight is 277 g/mol. The van der Waals surface area contributed by atoms with Crippen LogP contribution in [0.1, 0.15) is 12.0 Å². The van der Waals surface area contributed by atoms with Crippen LogP contribution in [0.2, 0.25) is 0 Å². The summed E-state index contributed by atoms with van der Waals surface area (Å²) in [5, 5.41) is 3.40. The maximum absolute atomic E-state index is 3.50. The second kappa shape index (κ2) is 5.74. The third-order valence-corrected chi connectivity index (χ3v) is 3.07. The number of benzene rings is 1. The van der Waals surface area contributed by atoms with Crippen molar-refractivity contribution >= 4 is 28.3 Å². The smallest absolute Gasteiger partial charge is 0.0177 e. The Kier molecular flexibility index (Phi) is 4.93. The topological polar surface area (TPSA) is 12.0 Å². The first-order valence-corrected chi connectivity index (χ1v) is 5.59. The molecule has 2 rings (SSSR count). The molecule has 0 aromatic heterocycles. The zero-order valence-corrected chi connectivity index (χ0v) is 10.4. The number of hydrogen-bond acceptors (Lipinski definition) is 1. The van der Waals surface area contributed by atoms with Gasteiger partial charge < -0.3 is 5.32 Å². The molecule has 1 aromatic carbocycles. The van der Waals surface area contributed by atoms with Gasteiger partial charge in [-0.1, -0.05) is 28.1 Å². The van der Waals surface area contributed by atoms with Crippen LogP contribution in [0.5, 0.6) is 0 Å². The first-order valence-electron chi connectivity index (χ1n) is 4.80. The van der Waals surface area contributed by atoms with E-state index in [4.69, 9.17) is 0 Å². The summed E-state index contributed by atoms with van der Waals surface area (Å²) in [5.74, 6) is 0.842. The van der Waals surface area contributed by atoms with Gasteiger partial charge in [-0.15, -0.1) is 12.4 Å². The molecule has 1 unspecified atom stereocenters. The highest BCUT2D eigenvalue weighted by Crippen LogP contribution is 2.18. The van der Waals surface area contributed by atoms with Crippen molar-refractivity contribution in [3.8, 4) is 0 Å². The van der Waals surface area contributed by atoms with E-state index in [0.29, 0.717) is 0 Å². The minimum absolute atomic E-state index is 0. The lowest BCUT2D eigenvalue weighted by Crippen LogP contribution is -2.10. The second-order valence-electron chi connectivity index (χ2n) is 3.69. The molecule has 1 aliphatic rings. The fourth-order valence-corrected chi connectivity index (χ4v) is 2.33. The summed E-state index contributed by atoms with van der Waals surface area (Å²) in [5.41, 5.74) is 1.45. The van der Waals surface area contributed by atoms with E-state index < -0.39 is 0 Å². The van der Waals surface area contributed by atoms with E-state index in [2.05, 4.69) is 45.5 Å². The van der Waals surface area contributed by atoms with Crippen LogP contribution in [0.15, 0.2) is 28.7 Å². The van der Waals surface area contributed by atoms with E-state index in [0.717, 1.165) is 5.92 Å². The van der Waals surface area contributed by atoms with Crippen LogP contribution in [0.25, 0.3) is 0 Å². The number of halogens is 2. The highest BCUT2D eigenvalue weighted by Gasteiger charge is 2.14. The summed E-state index contributed by atoms with van der Waals surface area (Å²) < 4.78 is 1.19. The lowest BCUT2D eigenvalue weighted by molar-refractivity contribution is 0.580. The fraction of sp³-hybridized carbons (Fsp3) is 0.455. The number of hydrogen-bond donors (Lipinski definition) is 1. The van der Waals surface area contributed by atoms with Gasteiger partial charge in [0.1, 0.15) is 0 Å². The minimum atomic E-state index is 0. The molecule has 0 saturated carbocycles. The molecule has 0 aliphatic carbocycles. The molecular weight excluding hydrogens is 261 g/mol. The molecule has 78 valence electrons. The second-order valence-corrected chi connectivity index (χ2v) is 4.61. The van der Waals surface area contributed by atoms with Crippen molar-refractivity contribution in [2.75, 3.05) is 13.1 Å². The van der Waals surface area contributed by atoms with Gasteiger partial charge in [0, 0.05) is 4.47 Å². The summed E-state index contributed by atoms with van der Waals surface area (Å²) in [6, 6.07) is 8.62. The van der Waals surface area contributed by atoms with E-state index >= 15 is 0 Å². The van der Waals surface area contributed by atoms with Gasteiger partial charge in [-0.25, -0.2) is 0 Å². The molecule has 0 radical (unpaired) electrons. The van der Waals surface area contributed by atoms with E-state index in [-0.39, 0.29) is 12.4 Å². The zero-order chi connectivity index (χ0) is 9.10. The van der Waals surface area contributed by atoms with Crippen LogP contribution in [-0.2, 0) is 6.42 Å². The molecule has 1 saturated heterocycles. The molecule has 0 amide bonds. The summed E-state index contributed by atoms with van der Waals surface area (Å²) in [4.78, 5) is 0. The monoisotopic (exact) mass is 275 g/mol. The highest BCUT2D eigenvalue weighted by atomic mass is 79.9. The van der Waals surface area contributed by atoms with Crippen LogP contribution in [0.4, 0.5) is 0 Å². The number of rotatable bonds is 2. The van der Waals surface area contributed by atoms with Gasteiger partial charge in [0.2, 0.25) is 0 Å². The lowest BCUT2D eigenvalue weighted by atomic mass is 9.99. The molecule has 1 fully saturated rings. The predicted octanol–water partition coefficient (Wildman–Crippen LogP) is 3.02. The van der Waals surface area contributed by atoms with Crippen molar-refractivity contribution in [3.05, 3.63) is 34.3 Å². The maximum atomic E-state index is 3.50. The molecule has 1 aromatic rings. The Labute approximate surface area is 99.8 Å². The Hall–Kier alpha value is -0.0500. The van der Waals surface area contributed by atoms with Crippen molar-refractivity contribution in [3.63, 3.8) is 0 Å². The largest absolute Gasteiger partial charge is 0.316 e. The van der Waals surface area contributed by atoms with Crippen molar-refractivity contribution in [2.24, 2.45) is 5.92 Å². The first-order chi connectivity index (χ1) is 6.34. The van der Waals surface area contributed by atoms with Gasteiger partial charge in [0.05, 0.1) is 0 Å². The van der Waals surface area contributed by atoms with Gasteiger partial charge in [-0.05, 0) is 49.5 Å². The Morgan fingerprint density at radius 2 is 2.29 bits per heavy atom. The summed E-state index contributed by atoms with van der Waals surface area (Å²) in [6.07, 6.45) is 2.54. The molecule has 1 heterocycles. The van der Waals surface area contributed by atoms with Crippen LogP contribution in [0, 0.1) is 5.92 Å². The van der Waals surface area contributed by atoms with Crippen molar-refractivity contribution in [1.82, 2.24) is 5.32 Å². The van der Waals surface area contributed by atoms with E-state index in [1.165, 1.54) is 36.0 Å². The van der Waals surface area contributed by atoms with Gasteiger partial charge in [-0.3, -0.25) is 0 Å². The van der Waals surface area contributed by atoms with Crippen molar-refractivity contribution in [2.45, 2.75) is 12.8 Å². The van der Waals surface area contributed by atoms with E-state index in [1.807, 2.05) is 0 Å². The molecule has 1 aliphatic heterocycles. The molecule has 1 N–H and O–H groups in total. The highest BCUT2D eigenvalue weighted by molar-refractivity contribution is 9.10. The Morgan fingerprint density at radius 1 is 1.43 bits per heavy atom. The third kappa shape index (κ3) is 3.26. The van der Waals surface area contributed by atoms with Gasteiger partial charge >= 0.3 is 0 Å². The van der Waals surface area contributed by atoms with Gasteiger partial charge in [0.15, 0.2) is 0 Å². The molecule has 14 heavy (non-hydrogen) atoms. The molecule has 0 bridgehead atoms. The summed E-state index contributed by atoms with van der Waals surface area (Å²) in [7, 11) is 0. The first kappa shape index (κ1) is 12.0. The maximum Gasteiger partial charge on any atom is 0.0177 e. The van der Waals surface area contributed by atoms with Crippen LogP contribution in [-0.4, -0.2) is 13.1 Å². The fourth-order valence-electron chi connectivity index (χ4n) is 1.89. The van der Waals surface area contributed by atoms with Gasteiger partial charge in [-0.2, -0.15) is 0 Å². The molecule has 0 spiro atoms. The van der Waals surface area contributed by atoms with Crippen LogP contribution < -0.4 is 5.32 Å². The third-order valence-electron chi connectivity index (χ3n) is 2.58. The van der Waals surface area contributed by atoms with E-state index in [9.17, 15) is 0 Å². The van der Waals surface area contributed by atoms with Gasteiger partial charge in [0.25, 0.3) is 0 Å². The quantitative estimate of drug-likeness (QED) is 0.875. The van der Waals surface area contributed by atoms with Crippen LogP contribution in [0.3, 0.4) is 0 Å². The van der Waals surface area contributed by atoms with Crippen molar-refractivity contribution < 1.29 is 0 Å². The SMILES string of the molecule is Brc1cccc(CC2CCNC2)c1.Cl. The van der Waals surface area contributed by atoms with Crippen molar-refractivity contribution in [1.29, 1.82) is 0 Å². The summed E-state index contributed by atoms with van der Waals surface area (Å²) in [6.45, 7) is 2.38. The molecule has 1 atom stereocenters.